The van der Waals surface area contributed by atoms with Crippen LogP contribution in [0.4, 0.5) is 5.69 Å². The van der Waals surface area contributed by atoms with Crippen molar-refractivity contribution >= 4 is 5.69 Å². The molecule has 0 aliphatic carbocycles. The molecule has 0 spiro atoms. The Bertz CT molecular complexity index is 419. The highest BCUT2D eigenvalue weighted by Crippen LogP contribution is 2.21. The van der Waals surface area contributed by atoms with E-state index in [2.05, 4.69) is 11.8 Å². The SMILES string of the molecule is CC1CCN(c2ccc(=O)n(CCN)c2)CC1. The van der Waals surface area contributed by atoms with Gasteiger partial charge in [-0.1, -0.05) is 6.92 Å². The van der Waals surface area contributed by atoms with E-state index in [4.69, 9.17) is 5.73 Å². The molecule has 94 valence electrons. The molecule has 0 amide bonds. The first kappa shape index (κ1) is 12.2. The lowest BCUT2D eigenvalue weighted by atomic mass is 9.99. The van der Waals surface area contributed by atoms with Gasteiger partial charge in [-0.2, -0.15) is 0 Å². The minimum absolute atomic E-state index is 0.0320. The first-order valence-corrected chi connectivity index (χ1v) is 6.36. The van der Waals surface area contributed by atoms with Crippen LogP contribution in [0, 0.1) is 5.92 Å². The number of nitrogens with zero attached hydrogens (tertiary/aromatic N) is 2. The Kier molecular flexibility index (Phi) is 3.84. The number of rotatable bonds is 3. The summed E-state index contributed by atoms with van der Waals surface area (Å²) in [5, 5.41) is 0. The van der Waals surface area contributed by atoms with Crippen molar-refractivity contribution in [2.24, 2.45) is 11.7 Å². The molecule has 1 aliphatic rings. The standard InChI is InChI=1S/C13H21N3O/c1-11-4-7-15(8-5-11)12-2-3-13(17)16(10-12)9-6-14/h2-3,10-11H,4-9,14H2,1H3. The molecule has 2 N–H and O–H groups in total. The lowest BCUT2D eigenvalue weighted by Gasteiger charge is -2.32. The lowest BCUT2D eigenvalue weighted by molar-refractivity contribution is 0.437. The lowest BCUT2D eigenvalue weighted by Crippen LogP contribution is -2.34. The van der Waals surface area contributed by atoms with Gasteiger partial charge in [0.1, 0.15) is 0 Å². The van der Waals surface area contributed by atoms with Crippen LogP contribution in [0.1, 0.15) is 19.8 Å². The zero-order valence-electron chi connectivity index (χ0n) is 10.4. The summed E-state index contributed by atoms with van der Waals surface area (Å²) in [7, 11) is 0. The Labute approximate surface area is 102 Å². The topological polar surface area (TPSA) is 51.3 Å². The van der Waals surface area contributed by atoms with Gasteiger partial charge in [0.25, 0.3) is 5.56 Å². The predicted molar refractivity (Wildman–Crippen MR) is 70.4 cm³/mol. The minimum atomic E-state index is 0.0320. The predicted octanol–water partition coefficient (Wildman–Crippen LogP) is 1.04. The molecule has 17 heavy (non-hydrogen) atoms. The highest BCUT2D eigenvalue weighted by molar-refractivity contribution is 5.44. The third-order valence-corrected chi connectivity index (χ3v) is 3.49. The Balaban J connectivity index is 2.15. The quantitative estimate of drug-likeness (QED) is 0.851. The van der Waals surface area contributed by atoms with Gasteiger partial charge >= 0.3 is 0 Å². The summed E-state index contributed by atoms with van der Waals surface area (Å²) in [5.74, 6) is 0.821. The van der Waals surface area contributed by atoms with E-state index in [1.54, 1.807) is 10.6 Å². The van der Waals surface area contributed by atoms with Crippen LogP contribution >= 0.6 is 0 Å². The van der Waals surface area contributed by atoms with Crippen LogP contribution in [0.5, 0.6) is 0 Å². The molecule has 1 fully saturated rings. The van der Waals surface area contributed by atoms with Crippen LogP contribution in [0.2, 0.25) is 0 Å². The second-order valence-corrected chi connectivity index (χ2v) is 4.88. The smallest absolute Gasteiger partial charge is 0.250 e. The molecule has 0 unspecified atom stereocenters. The van der Waals surface area contributed by atoms with E-state index in [9.17, 15) is 4.79 Å². The Morgan fingerprint density at radius 1 is 1.35 bits per heavy atom. The summed E-state index contributed by atoms with van der Waals surface area (Å²) in [4.78, 5) is 13.9. The van der Waals surface area contributed by atoms with Crippen LogP contribution in [0.25, 0.3) is 0 Å². The molecule has 1 aromatic heterocycles. The van der Waals surface area contributed by atoms with Crippen LogP contribution < -0.4 is 16.2 Å². The van der Waals surface area contributed by atoms with Crippen LogP contribution in [0.15, 0.2) is 23.1 Å². The fourth-order valence-corrected chi connectivity index (χ4v) is 2.29. The van der Waals surface area contributed by atoms with E-state index >= 15 is 0 Å². The number of hydrogen-bond donors (Lipinski definition) is 1. The van der Waals surface area contributed by atoms with Gasteiger partial charge in [-0.15, -0.1) is 0 Å². The molecule has 0 bridgehead atoms. The second kappa shape index (κ2) is 5.36. The van der Waals surface area contributed by atoms with Gasteiger partial charge in [-0.05, 0) is 24.8 Å². The molecule has 0 saturated carbocycles. The molecule has 1 aliphatic heterocycles. The molecule has 0 radical (unpaired) electrons. The van der Waals surface area contributed by atoms with E-state index in [0.717, 1.165) is 24.7 Å². The van der Waals surface area contributed by atoms with Gasteiger partial charge in [0.15, 0.2) is 0 Å². The van der Waals surface area contributed by atoms with Crippen molar-refractivity contribution in [2.75, 3.05) is 24.5 Å². The summed E-state index contributed by atoms with van der Waals surface area (Å²) >= 11 is 0. The Hall–Kier alpha value is -1.29. The maximum atomic E-state index is 11.6. The van der Waals surface area contributed by atoms with E-state index in [-0.39, 0.29) is 5.56 Å². The van der Waals surface area contributed by atoms with Crippen molar-refractivity contribution in [1.82, 2.24) is 4.57 Å². The van der Waals surface area contributed by atoms with Crippen molar-refractivity contribution in [3.05, 3.63) is 28.7 Å². The molecular weight excluding hydrogens is 214 g/mol. The normalized spacial score (nSPS) is 17.4. The van der Waals surface area contributed by atoms with Crippen molar-refractivity contribution in [3.8, 4) is 0 Å². The second-order valence-electron chi connectivity index (χ2n) is 4.88. The van der Waals surface area contributed by atoms with Gasteiger partial charge in [-0.3, -0.25) is 4.79 Å². The maximum absolute atomic E-state index is 11.6. The first-order valence-electron chi connectivity index (χ1n) is 6.36. The van der Waals surface area contributed by atoms with Crippen molar-refractivity contribution in [2.45, 2.75) is 26.3 Å². The molecule has 1 saturated heterocycles. The number of aromatic nitrogens is 1. The van der Waals surface area contributed by atoms with Crippen molar-refractivity contribution in [1.29, 1.82) is 0 Å². The van der Waals surface area contributed by atoms with Gasteiger partial charge in [0, 0.05) is 38.4 Å². The van der Waals surface area contributed by atoms with E-state index in [1.807, 2.05) is 12.3 Å². The molecule has 4 heteroatoms. The summed E-state index contributed by atoms with van der Waals surface area (Å²) in [5.41, 5.74) is 6.68. The van der Waals surface area contributed by atoms with Crippen LogP contribution in [0.3, 0.4) is 0 Å². The average Bonchev–Trinajstić information content (AvgIpc) is 2.33. The number of pyridine rings is 1. The summed E-state index contributed by atoms with van der Waals surface area (Å²) in [6, 6.07) is 3.56. The summed E-state index contributed by atoms with van der Waals surface area (Å²) < 4.78 is 1.70. The zero-order chi connectivity index (χ0) is 12.3. The third kappa shape index (κ3) is 2.88. The van der Waals surface area contributed by atoms with Gasteiger partial charge < -0.3 is 15.2 Å². The van der Waals surface area contributed by atoms with Crippen LogP contribution in [-0.2, 0) is 6.54 Å². The highest BCUT2D eigenvalue weighted by Gasteiger charge is 2.16. The largest absolute Gasteiger partial charge is 0.370 e. The summed E-state index contributed by atoms with van der Waals surface area (Å²) in [6.07, 6.45) is 4.40. The Morgan fingerprint density at radius 3 is 2.71 bits per heavy atom. The highest BCUT2D eigenvalue weighted by atomic mass is 16.1. The van der Waals surface area contributed by atoms with Gasteiger partial charge in [-0.25, -0.2) is 0 Å². The maximum Gasteiger partial charge on any atom is 0.250 e. The number of hydrogen-bond acceptors (Lipinski definition) is 3. The average molecular weight is 235 g/mol. The minimum Gasteiger partial charge on any atom is -0.370 e. The molecule has 4 nitrogen and oxygen atoms in total. The zero-order valence-corrected chi connectivity index (χ0v) is 10.4. The van der Waals surface area contributed by atoms with Gasteiger partial charge in [0.2, 0.25) is 0 Å². The fraction of sp³-hybridized carbons (Fsp3) is 0.615. The molecule has 0 atom stereocenters. The first-order chi connectivity index (χ1) is 8.20. The Morgan fingerprint density at radius 2 is 2.06 bits per heavy atom. The third-order valence-electron chi connectivity index (χ3n) is 3.49. The monoisotopic (exact) mass is 235 g/mol. The number of piperidine rings is 1. The molecule has 2 heterocycles. The van der Waals surface area contributed by atoms with Gasteiger partial charge in [0.05, 0.1) is 5.69 Å². The van der Waals surface area contributed by atoms with E-state index < -0.39 is 0 Å². The molecular formula is C13H21N3O. The van der Waals surface area contributed by atoms with Crippen molar-refractivity contribution in [3.63, 3.8) is 0 Å². The van der Waals surface area contributed by atoms with E-state index in [1.165, 1.54) is 12.8 Å². The molecule has 1 aromatic rings. The number of anilines is 1. The molecule has 0 aromatic carbocycles. The van der Waals surface area contributed by atoms with E-state index in [0.29, 0.717) is 13.1 Å². The number of nitrogens with two attached hydrogens (primary N) is 1. The van der Waals surface area contributed by atoms with Crippen LogP contribution in [-0.4, -0.2) is 24.2 Å². The fourth-order valence-electron chi connectivity index (χ4n) is 2.29. The van der Waals surface area contributed by atoms with Crippen molar-refractivity contribution < 1.29 is 0 Å². The molecule has 2 rings (SSSR count). The summed E-state index contributed by atoms with van der Waals surface area (Å²) in [6.45, 7) is 5.56.